The number of ether oxygens (including phenoxy) is 1. The van der Waals surface area contributed by atoms with Gasteiger partial charge < -0.3 is 15.0 Å². The average molecular weight is 534 g/mol. The van der Waals surface area contributed by atoms with Crippen molar-refractivity contribution in [1.29, 1.82) is 0 Å². The fourth-order valence-corrected chi connectivity index (χ4v) is 5.44. The fraction of sp³-hybridized carbons (Fsp3) is 0.385. The normalized spacial score (nSPS) is 18.9. The highest BCUT2D eigenvalue weighted by Gasteiger charge is 2.42. The number of hydrogen-bond acceptors (Lipinski definition) is 8. The van der Waals surface area contributed by atoms with Crippen LogP contribution >= 0.6 is 11.6 Å². The summed E-state index contributed by atoms with van der Waals surface area (Å²) >= 11 is 6.18. The Labute approximate surface area is 224 Å². The number of anilines is 1. The number of benzene rings is 1. The Bertz CT molecular complexity index is 1450. The molecule has 1 amide bonds. The van der Waals surface area contributed by atoms with E-state index in [1.54, 1.807) is 29.2 Å². The number of hydrogen-bond donors (Lipinski definition) is 1. The van der Waals surface area contributed by atoms with E-state index < -0.39 is 0 Å². The van der Waals surface area contributed by atoms with Crippen molar-refractivity contribution in [2.45, 2.75) is 44.9 Å². The van der Waals surface area contributed by atoms with E-state index in [0.29, 0.717) is 17.1 Å². The lowest BCUT2D eigenvalue weighted by molar-refractivity contribution is 0.0231. The number of amides is 1. The third-order valence-corrected chi connectivity index (χ3v) is 7.55. The van der Waals surface area contributed by atoms with Crippen molar-refractivity contribution >= 4 is 23.3 Å². The smallest absolute Gasteiger partial charge is 0.254 e. The van der Waals surface area contributed by atoms with Crippen LogP contribution < -0.4 is 10.2 Å². The van der Waals surface area contributed by atoms with Crippen LogP contribution in [0.4, 0.5) is 5.82 Å². The number of carbonyl (C=O) groups is 1. The minimum atomic E-state index is -0.235. The Balaban J connectivity index is 1.09. The zero-order valence-electron chi connectivity index (χ0n) is 21.0. The first-order valence-electron chi connectivity index (χ1n) is 12.7. The molecule has 0 bridgehead atoms. The summed E-state index contributed by atoms with van der Waals surface area (Å²) in [5, 5.41) is 19.2. The number of rotatable bonds is 7. The first-order valence-corrected chi connectivity index (χ1v) is 13.0. The van der Waals surface area contributed by atoms with Gasteiger partial charge in [-0.05, 0) is 72.0 Å². The number of carbonyl (C=O) groups excluding carboxylic acids is 1. The molecule has 1 unspecified atom stereocenters. The summed E-state index contributed by atoms with van der Waals surface area (Å²) in [6.07, 6.45) is 8.14. The van der Waals surface area contributed by atoms with Crippen molar-refractivity contribution in [2.75, 3.05) is 24.6 Å². The lowest BCUT2D eigenvalue weighted by atomic mass is 10.00. The molecular weight excluding hydrogens is 506 g/mol. The van der Waals surface area contributed by atoms with E-state index in [0.717, 1.165) is 67.3 Å². The third kappa shape index (κ3) is 4.99. The number of tetrazole rings is 1. The van der Waals surface area contributed by atoms with Crippen molar-refractivity contribution in [1.82, 2.24) is 40.3 Å². The van der Waals surface area contributed by atoms with E-state index in [9.17, 15) is 4.79 Å². The Kier molecular flexibility index (Phi) is 6.54. The van der Waals surface area contributed by atoms with Gasteiger partial charge in [-0.2, -0.15) is 5.10 Å². The molecule has 38 heavy (non-hydrogen) atoms. The highest BCUT2D eigenvalue weighted by Crippen LogP contribution is 2.36. The number of halogens is 1. The van der Waals surface area contributed by atoms with Crippen LogP contribution in [0, 0.1) is 6.92 Å². The van der Waals surface area contributed by atoms with Crippen LogP contribution in [0.1, 0.15) is 46.4 Å². The Morgan fingerprint density at radius 2 is 2.13 bits per heavy atom. The van der Waals surface area contributed by atoms with Gasteiger partial charge in [0.2, 0.25) is 0 Å². The molecule has 1 spiro atoms. The van der Waals surface area contributed by atoms with E-state index >= 15 is 0 Å². The van der Waals surface area contributed by atoms with Gasteiger partial charge >= 0.3 is 0 Å². The SMILES string of the molecule is Cc1nc(N2CCC3(CCCO3)C2)ccc1Cn1cc(C(=O)NCc2cc(Cl)ccc2-n2cnnn2)cn1. The summed E-state index contributed by atoms with van der Waals surface area (Å²) < 4.78 is 9.33. The maximum atomic E-state index is 12.9. The fourth-order valence-electron chi connectivity index (χ4n) is 5.25. The predicted molar refractivity (Wildman–Crippen MR) is 140 cm³/mol. The van der Waals surface area contributed by atoms with Crippen LogP contribution in [0.25, 0.3) is 5.69 Å². The van der Waals surface area contributed by atoms with Crippen LogP contribution in [-0.4, -0.2) is 66.2 Å². The topological polar surface area (TPSA) is 116 Å². The number of pyridine rings is 1. The van der Waals surface area contributed by atoms with Crippen LogP contribution in [0.3, 0.4) is 0 Å². The van der Waals surface area contributed by atoms with Gasteiger partial charge in [0, 0.05) is 43.2 Å². The van der Waals surface area contributed by atoms with Crippen molar-refractivity contribution in [3.05, 3.63) is 76.5 Å². The van der Waals surface area contributed by atoms with Crippen LogP contribution in [0.5, 0.6) is 0 Å². The summed E-state index contributed by atoms with van der Waals surface area (Å²) in [7, 11) is 0. The van der Waals surface area contributed by atoms with Crippen molar-refractivity contribution < 1.29 is 9.53 Å². The summed E-state index contributed by atoms with van der Waals surface area (Å²) in [4.78, 5) is 20.1. The lowest BCUT2D eigenvalue weighted by Crippen LogP contribution is -2.32. The molecule has 2 fully saturated rings. The lowest BCUT2D eigenvalue weighted by Gasteiger charge is -2.24. The summed E-state index contributed by atoms with van der Waals surface area (Å²) in [6, 6.07) is 9.51. The zero-order chi connectivity index (χ0) is 26.1. The Morgan fingerprint density at radius 3 is 2.92 bits per heavy atom. The molecule has 12 heteroatoms. The van der Waals surface area contributed by atoms with Gasteiger partial charge in [0.1, 0.15) is 12.1 Å². The number of aromatic nitrogens is 7. The molecular formula is C26H28ClN9O2. The maximum Gasteiger partial charge on any atom is 0.254 e. The van der Waals surface area contributed by atoms with Crippen molar-refractivity contribution in [2.24, 2.45) is 0 Å². The van der Waals surface area contributed by atoms with Gasteiger partial charge in [-0.3, -0.25) is 9.48 Å². The zero-order valence-corrected chi connectivity index (χ0v) is 21.8. The molecule has 2 aliphatic rings. The quantitative estimate of drug-likeness (QED) is 0.385. The van der Waals surface area contributed by atoms with Crippen molar-refractivity contribution in [3.8, 4) is 5.69 Å². The second kappa shape index (κ2) is 10.1. The maximum absolute atomic E-state index is 12.9. The number of aryl methyl sites for hydroxylation is 1. The minimum Gasteiger partial charge on any atom is -0.373 e. The highest BCUT2D eigenvalue weighted by molar-refractivity contribution is 6.30. The highest BCUT2D eigenvalue weighted by atomic mass is 35.5. The molecule has 2 aliphatic heterocycles. The molecule has 1 atom stereocenters. The van der Waals surface area contributed by atoms with Crippen LogP contribution in [0.15, 0.2) is 49.1 Å². The number of nitrogens with one attached hydrogen (secondary N) is 1. The predicted octanol–water partition coefficient (Wildman–Crippen LogP) is 2.95. The second-order valence-electron chi connectivity index (χ2n) is 9.86. The van der Waals surface area contributed by atoms with E-state index in [2.05, 4.69) is 43.0 Å². The van der Waals surface area contributed by atoms with E-state index in [1.807, 2.05) is 13.0 Å². The molecule has 196 valence electrons. The van der Waals surface area contributed by atoms with E-state index in [1.165, 1.54) is 11.0 Å². The first-order chi connectivity index (χ1) is 18.5. The molecule has 11 nitrogen and oxygen atoms in total. The second-order valence-corrected chi connectivity index (χ2v) is 10.3. The molecule has 2 saturated heterocycles. The monoisotopic (exact) mass is 533 g/mol. The molecule has 3 aromatic heterocycles. The Hall–Kier alpha value is -3.83. The van der Waals surface area contributed by atoms with Gasteiger partial charge in [0.05, 0.1) is 29.6 Å². The standard InChI is InChI=1S/C26H28ClN9O2/c1-18-19(3-6-24(31-18)34-9-8-26(16-34)7-2-10-38-26)14-35-15-21(13-30-35)25(37)28-12-20-11-22(27)4-5-23(20)36-17-29-32-33-36/h3-6,11,13,15,17H,2,7-10,12,14,16H2,1H3,(H,28,37). The number of nitrogens with zero attached hydrogens (tertiary/aromatic N) is 8. The molecule has 1 aromatic carbocycles. The van der Waals surface area contributed by atoms with Gasteiger partial charge in [-0.25, -0.2) is 9.67 Å². The van der Waals surface area contributed by atoms with Crippen LogP contribution in [-0.2, 0) is 17.8 Å². The van der Waals surface area contributed by atoms with E-state index in [4.69, 9.17) is 21.3 Å². The largest absolute Gasteiger partial charge is 0.373 e. The van der Waals surface area contributed by atoms with Crippen molar-refractivity contribution in [3.63, 3.8) is 0 Å². The van der Waals surface area contributed by atoms with Crippen LogP contribution in [0.2, 0.25) is 5.02 Å². The van der Waals surface area contributed by atoms with Gasteiger partial charge in [0.25, 0.3) is 5.91 Å². The molecule has 1 N–H and O–H groups in total. The molecule has 4 aromatic rings. The molecule has 5 heterocycles. The molecule has 0 radical (unpaired) electrons. The molecule has 0 aliphatic carbocycles. The van der Waals surface area contributed by atoms with Gasteiger partial charge in [-0.1, -0.05) is 17.7 Å². The molecule has 6 rings (SSSR count). The summed E-state index contributed by atoms with van der Waals surface area (Å²) in [5.74, 6) is 0.752. The third-order valence-electron chi connectivity index (χ3n) is 7.31. The Morgan fingerprint density at radius 1 is 1.21 bits per heavy atom. The summed E-state index contributed by atoms with van der Waals surface area (Å²) in [5.41, 5.74) is 4.02. The van der Waals surface area contributed by atoms with E-state index in [-0.39, 0.29) is 18.1 Å². The average Bonchev–Trinajstić information content (AvgIpc) is 3.73. The first kappa shape index (κ1) is 24.5. The van der Waals surface area contributed by atoms with Gasteiger partial charge in [-0.15, -0.1) is 5.10 Å². The minimum absolute atomic E-state index is 0.0161. The van der Waals surface area contributed by atoms with Gasteiger partial charge in [0.15, 0.2) is 0 Å². The summed E-state index contributed by atoms with van der Waals surface area (Å²) in [6.45, 7) is 5.54. The molecule has 0 saturated carbocycles.